The van der Waals surface area contributed by atoms with Crippen molar-refractivity contribution in [3.63, 3.8) is 0 Å². The van der Waals surface area contributed by atoms with E-state index >= 15 is 0 Å². The van der Waals surface area contributed by atoms with Crippen LogP contribution in [0.3, 0.4) is 0 Å². The molecule has 0 spiro atoms. The van der Waals surface area contributed by atoms with Gasteiger partial charge in [-0.3, -0.25) is 14.3 Å². The van der Waals surface area contributed by atoms with Crippen molar-refractivity contribution >= 4 is 19.2 Å². The predicted octanol–water partition coefficient (Wildman–Crippen LogP) is 3.86. The molecule has 0 unspecified atom stereocenters. The molecule has 1 aliphatic heterocycles. The van der Waals surface area contributed by atoms with Gasteiger partial charge < -0.3 is 18.5 Å². The lowest BCUT2D eigenvalue weighted by atomic mass is 9.96. The number of ether oxygens (including phenoxy) is 2. The van der Waals surface area contributed by atoms with Crippen LogP contribution in [0.1, 0.15) is 0 Å². The molecule has 8 heteroatoms. The molecule has 7 nitrogen and oxygen atoms in total. The molecule has 3 rings (SSSR count). The number of hydrogen-bond donors (Lipinski definition) is 0. The average Bonchev–Trinajstić information content (AvgIpc) is 2.75. The number of nitrogens with zero attached hydrogens (tertiary/aromatic N) is 1. The number of rotatable bonds is 8. The molecular weight excluding hydrogens is 381 g/mol. The number of benzene rings is 2. The lowest BCUT2D eigenvalue weighted by molar-refractivity contribution is -0.133. The standard InChI is InChI=1S/C20H22NO6P/c1-24-16-11-9-15(10-12-16)21-18(13-14-28(23,25-2)26-3)19(20(21)22)27-17-7-5-4-6-8-17/h4-14,18-19H,1-3H3/b14-13+/t18-,19+/m1/s1. The van der Waals surface area contributed by atoms with Crippen LogP contribution in [0.5, 0.6) is 11.5 Å². The highest BCUT2D eigenvalue weighted by Crippen LogP contribution is 2.48. The average molecular weight is 403 g/mol. The lowest BCUT2D eigenvalue weighted by Gasteiger charge is -2.45. The summed E-state index contributed by atoms with van der Waals surface area (Å²) in [6, 6.07) is 15.7. The summed E-state index contributed by atoms with van der Waals surface area (Å²) in [4.78, 5) is 14.4. The smallest absolute Gasteiger partial charge is 0.353 e. The second-order valence-electron chi connectivity index (χ2n) is 5.99. The van der Waals surface area contributed by atoms with Crippen LogP contribution in [0.2, 0.25) is 0 Å². The van der Waals surface area contributed by atoms with Gasteiger partial charge in [-0.1, -0.05) is 18.2 Å². The van der Waals surface area contributed by atoms with E-state index in [2.05, 4.69) is 0 Å². The minimum Gasteiger partial charge on any atom is -0.497 e. The van der Waals surface area contributed by atoms with E-state index in [1.54, 1.807) is 54.5 Å². The summed E-state index contributed by atoms with van der Waals surface area (Å²) in [7, 11) is 0.818. The van der Waals surface area contributed by atoms with Crippen LogP contribution < -0.4 is 14.4 Å². The summed E-state index contributed by atoms with van der Waals surface area (Å²) < 4.78 is 33.3. The summed E-state index contributed by atoms with van der Waals surface area (Å²) in [5, 5.41) is 0. The Bertz CT molecular complexity index is 875. The van der Waals surface area contributed by atoms with Crippen LogP contribution in [0.4, 0.5) is 5.69 Å². The minimum absolute atomic E-state index is 0.201. The van der Waals surface area contributed by atoms with Crippen LogP contribution in [0.15, 0.2) is 66.5 Å². The van der Waals surface area contributed by atoms with Gasteiger partial charge in [0.1, 0.15) is 17.5 Å². The van der Waals surface area contributed by atoms with Gasteiger partial charge >= 0.3 is 7.60 Å². The highest BCUT2D eigenvalue weighted by atomic mass is 31.2. The molecule has 2 atom stereocenters. The third-order valence-corrected chi connectivity index (χ3v) is 5.98. The maximum absolute atomic E-state index is 12.8. The molecule has 1 amide bonds. The van der Waals surface area contributed by atoms with Crippen LogP contribution in [-0.2, 0) is 18.4 Å². The number of carbonyl (C=O) groups is 1. The first kappa shape index (κ1) is 20.1. The number of amides is 1. The largest absolute Gasteiger partial charge is 0.497 e. The van der Waals surface area contributed by atoms with E-state index in [9.17, 15) is 9.36 Å². The SMILES string of the molecule is COc1ccc(N2C(=O)[C@@H](Oc3ccccc3)[C@H]2/C=C/P(=O)(OC)OC)cc1. The Balaban J connectivity index is 1.88. The van der Waals surface area contributed by atoms with Gasteiger partial charge in [-0.2, -0.15) is 0 Å². The molecule has 1 saturated heterocycles. The van der Waals surface area contributed by atoms with Crippen molar-refractivity contribution in [1.29, 1.82) is 0 Å². The zero-order valence-electron chi connectivity index (χ0n) is 15.8. The van der Waals surface area contributed by atoms with E-state index in [-0.39, 0.29) is 5.91 Å². The molecule has 1 aliphatic rings. The number of hydrogen-bond acceptors (Lipinski definition) is 6. The van der Waals surface area contributed by atoms with Gasteiger partial charge in [-0.05, 0) is 42.5 Å². The molecule has 0 aliphatic carbocycles. The third-order valence-electron chi connectivity index (χ3n) is 4.42. The fourth-order valence-corrected chi connectivity index (χ4v) is 3.65. The van der Waals surface area contributed by atoms with Gasteiger partial charge in [0.05, 0.1) is 7.11 Å². The van der Waals surface area contributed by atoms with Gasteiger partial charge in [0, 0.05) is 25.7 Å². The number of methoxy groups -OCH3 is 1. The number of para-hydroxylation sites is 1. The Morgan fingerprint density at radius 3 is 2.14 bits per heavy atom. The van der Waals surface area contributed by atoms with Crippen LogP contribution in [0.25, 0.3) is 0 Å². The molecule has 0 radical (unpaired) electrons. The van der Waals surface area contributed by atoms with Crippen molar-refractivity contribution in [1.82, 2.24) is 0 Å². The van der Waals surface area contributed by atoms with Crippen molar-refractivity contribution in [2.45, 2.75) is 12.1 Å². The Morgan fingerprint density at radius 2 is 1.57 bits per heavy atom. The second-order valence-corrected chi connectivity index (χ2v) is 8.10. The Kier molecular flexibility index (Phi) is 6.19. The zero-order valence-corrected chi connectivity index (χ0v) is 16.7. The van der Waals surface area contributed by atoms with Gasteiger partial charge in [0.25, 0.3) is 5.91 Å². The molecular formula is C20H22NO6P. The summed E-state index contributed by atoms with van der Waals surface area (Å²) in [6.07, 6.45) is 0.871. The van der Waals surface area contributed by atoms with E-state index in [0.717, 1.165) is 0 Å². The highest BCUT2D eigenvalue weighted by molar-refractivity contribution is 7.57. The molecule has 0 aromatic heterocycles. The number of carbonyl (C=O) groups excluding carboxylic acids is 1. The summed E-state index contributed by atoms with van der Waals surface area (Å²) in [5.41, 5.74) is 0.679. The van der Waals surface area contributed by atoms with E-state index in [4.69, 9.17) is 18.5 Å². The van der Waals surface area contributed by atoms with Gasteiger partial charge in [0.15, 0.2) is 0 Å². The summed E-state index contributed by atoms with van der Waals surface area (Å²) in [5.74, 6) is 2.41. The van der Waals surface area contributed by atoms with Crippen LogP contribution in [-0.4, -0.2) is 39.4 Å². The quantitative estimate of drug-likeness (QED) is 0.492. The lowest BCUT2D eigenvalue weighted by Crippen LogP contribution is -2.66. The van der Waals surface area contributed by atoms with Gasteiger partial charge in [-0.25, -0.2) is 0 Å². The van der Waals surface area contributed by atoms with Crippen molar-refractivity contribution in [2.75, 3.05) is 26.2 Å². The molecule has 148 valence electrons. The molecule has 0 saturated carbocycles. The molecule has 0 N–H and O–H groups in total. The van der Waals surface area contributed by atoms with E-state index in [1.165, 1.54) is 20.0 Å². The fraction of sp³-hybridized carbons (Fsp3) is 0.250. The number of anilines is 1. The first-order chi connectivity index (χ1) is 13.5. The molecule has 2 aromatic rings. The Hall–Kier alpha value is -2.60. The van der Waals surface area contributed by atoms with Crippen molar-refractivity contribution in [2.24, 2.45) is 0 Å². The molecule has 0 bridgehead atoms. The first-order valence-electron chi connectivity index (χ1n) is 8.60. The predicted molar refractivity (Wildman–Crippen MR) is 106 cm³/mol. The van der Waals surface area contributed by atoms with E-state index in [1.807, 2.05) is 18.2 Å². The molecule has 1 fully saturated rings. The molecule has 28 heavy (non-hydrogen) atoms. The number of β-lactam (4-membered cyclic amide) rings is 1. The van der Waals surface area contributed by atoms with Crippen LogP contribution >= 0.6 is 7.60 Å². The monoisotopic (exact) mass is 403 g/mol. The third kappa shape index (κ3) is 4.12. The maximum atomic E-state index is 12.8. The second kappa shape index (κ2) is 8.61. The Labute approximate surface area is 164 Å². The first-order valence-corrected chi connectivity index (χ1v) is 10.2. The van der Waals surface area contributed by atoms with Crippen molar-refractivity contribution in [3.8, 4) is 11.5 Å². The highest BCUT2D eigenvalue weighted by Gasteiger charge is 2.49. The molecule has 2 aromatic carbocycles. The van der Waals surface area contributed by atoms with Gasteiger partial charge in [-0.15, -0.1) is 0 Å². The molecule has 1 heterocycles. The van der Waals surface area contributed by atoms with E-state index in [0.29, 0.717) is 17.2 Å². The van der Waals surface area contributed by atoms with Gasteiger partial charge in [0.2, 0.25) is 6.10 Å². The van der Waals surface area contributed by atoms with Crippen molar-refractivity contribution in [3.05, 3.63) is 66.5 Å². The zero-order chi connectivity index (χ0) is 20.1. The fourth-order valence-electron chi connectivity index (χ4n) is 2.87. The topological polar surface area (TPSA) is 74.3 Å². The summed E-state index contributed by atoms with van der Waals surface area (Å²) >= 11 is 0. The van der Waals surface area contributed by atoms with Crippen molar-refractivity contribution < 1.29 is 27.9 Å². The van der Waals surface area contributed by atoms with E-state index < -0.39 is 19.7 Å². The van der Waals surface area contributed by atoms with Crippen LogP contribution in [0, 0.1) is 0 Å². The normalized spacial score (nSPS) is 19.5. The Morgan fingerprint density at radius 1 is 0.929 bits per heavy atom. The minimum atomic E-state index is -3.37. The maximum Gasteiger partial charge on any atom is 0.353 e. The summed E-state index contributed by atoms with van der Waals surface area (Å²) in [6.45, 7) is 0.